The van der Waals surface area contributed by atoms with E-state index in [0.717, 1.165) is 24.7 Å². The van der Waals surface area contributed by atoms with Crippen LogP contribution in [0.5, 0.6) is 0 Å². The van der Waals surface area contributed by atoms with Crippen molar-refractivity contribution in [2.75, 3.05) is 11.5 Å². The Bertz CT molecular complexity index is 940. The lowest BCUT2D eigenvalue weighted by Crippen LogP contribution is -2.35. The third kappa shape index (κ3) is 2.61. The number of ether oxygens (including phenoxy) is 3. The lowest BCUT2D eigenvalue weighted by atomic mass is 9.98. The molecule has 2 heterocycles. The first-order valence-corrected chi connectivity index (χ1v) is 9.26. The number of hydrogen-bond donors (Lipinski definition) is 0. The summed E-state index contributed by atoms with van der Waals surface area (Å²) in [5.74, 6) is -1.30. The molecule has 3 aliphatic rings. The standard InChI is InChI=1S/C21H21NO6/c1-4-26-18(24)16(11-27-19-13(3)12(2)17(23)28-19)22-15-8-6-5-7-14(15)21(9-10-21)20(22)25/h5-8,11,19H,4,9-10H2,1-3H3/b16-11-. The number of para-hydroxylation sites is 1. The quantitative estimate of drug-likeness (QED) is 0.442. The SMILES string of the molecule is CCOC(=O)/C(=C/OC1OC(=O)C(C)=C1C)N1C(=O)C2(CC2)c2ccccc21. The van der Waals surface area contributed by atoms with Crippen molar-refractivity contribution in [1.29, 1.82) is 0 Å². The molecular weight excluding hydrogens is 362 g/mol. The minimum Gasteiger partial charge on any atom is -0.461 e. The van der Waals surface area contributed by atoms with Crippen molar-refractivity contribution in [3.05, 3.63) is 52.9 Å². The summed E-state index contributed by atoms with van der Waals surface area (Å²) in [7, 11) is 0. The fourth-order valence-corrected chi connectivity index (χ4v) is 3.62. The summed E-state index contributed by atoms with van der Waals surface area (Å²) < 4.78 is 15.9. The van der Waals surface area contributed by atoms with Gasteiger partial charge in [-0.1, -0.05) is 18.2 Å². The summed E-state index contributed by atoms with van der Waals surface area (Å²) in [6, 6.07) is 7.42. The zero-order chi connectivity index (χ0) is 20.1. The Morgan fingerprint density at radius 2 is 2.00 bits per heavy atom. The molecule has 4 rings (SSSR count). The van der Waals surface area contributed by atoms with Gasteiger partial charge in [-0.15, -0.1) is 0 Å². The number of fused-ring (bicyclic) bond motifs is 2. The van der Waals surface area contributed by atoms with Crippen molar-refractivity contribution in [3.8, 4) is 0 Å². The Labute approximate surface area is 162 Å². The summed E-state index contributed by atoms with van der Waals surface area (Å²) in [6.07, 6.45) is 1.73. The average molecular weight is 383 g/mol. The van der Waals surface area contributed by atoms with Crippen molar-refractivity contribution in [2.45, 2.75) is 45.3 Å². The highest BCUT2D eigenvalue weighted by Gasteiger charge is 2.60. The molecule has 1 spiro atoms. The van der Waals surface area contributed by atoms with Gasteiger partial charge in [0.2, 0.25) is 5.91 Å². The van der Waals surface area contributed by atoms with Crippen LogP contribution in [0.2, 0.25) is 0 Å². The van der Waals surface area contributed by atoms with Crippen LogP contribution in [0.1, 0.15) is 39.2 Å². The van der Waals surface area contributed by atoms with Crippen molar-refractivity contribution in [1.82, 2.24) is 0 Å². The second-order valence-electron chi connectivity index (χ2n) is 7.14. The van der Waals surface area contributed by atoms with Crippen LogP contribution in [0.25, 0.3) is 0 Å². The molecule has 1 saturated carbocycles. The number of esters is 2. The molecule has 7 heteroatoms. The summed E-state index contributed by atoms with van der Waals surface area (Å²) in [6.45, 7) is 5.21. The van der Waals surface area contributed by atoms with Crippen molar-refractivity contribution in [3.63, 3.8) is 0 Å². The van der Waals surface area contributed by atoms with Gasteiger partial charge in [0, 0.05) is 11.1 Å². The Balaban J connectivity index is 1.71. The maximum absolute atomic E-state index is 13.2. The van der Waals surface area contributed by atoms with Crippen molar-refractivity contribution >= 4 is 23.5 Å². The van der Waals surface area contributed by atoms with Crippen LogP contribution < -0.4 is 4.90 Å². The van der Waals surface area contributed by atoms with Crippen LogP contribution in [0, 0.1) is 0 Å². The molecule has 1 atom stereocenters. The van der Waals surface area contributed by atoms with E-state index in [2.05, 4.69) is 0 Å². The van der Waals surface area contributed by atoms with E-state index in [9.17, 15) is 14.4 Å². The average Bonchev–Trinajstić information content (AvgIpc) is 3.41. The van der Waals surface area contributed by atoms with Gasteiger partial charge in [0.25, 0.3) is 6.29 Å². The number of hydrogen-bond acceptors (Lipinski definition) is 6. The molecule has 28 heavy (non-hydrogen) atoms. The molecule has 146 valence electrons. The summed E-state index contributed by atoms with van der Waals surface area (Å²) in [4.78, 5) is 38.9. The van der Waals surface area contributed by atoms with Crippen LogP contribution in [0.15, 0.2) is 47.4 Å². The maximum atomic E-state index is 13.2. The van der Waals surface area contributed by atoms with Gasteiger partial charge in [0.1, 0.15) is 6.26 Å². The van der Waals surface area contributed by atoms with Crippen LogP contribution in [0.3, 0.4) is 0 Å². The summed E-state index contributed by atoms with van der Waals surface area (Å²) in [5, 5.41) is 0. The lowest BCUT2D eigenvalue weighted by Gasteiger charge is -2.21. The number of benzene rings is 1. The highest BCUT2D eigenvalue weighted by Crippen LogP contribution is 2.58. The normalized spacial score (nSPS) is 22.5. The predicted octanol–water partition coefficient (Wildman–Crippen LogP) is 2.71. The molecule has 0 bridgehead atoms. The van der Waals surface area contributed by atoms with E-state index in [0.29, 0.717) is 16.8 Å². The molecule has 0 saturated heterocycles. The molecule has 1 fully saturated rings. The largest absolute Gasteiger partial charge is 0.461 e. The molecule has 2 aliphatic heterocycles. The van der Waals surface area contributed by atoms with Crippen LogP contribution in [0.4, 0.5) is 5.69 Å². The predicted molar refractivity (Wildman–Crippen MR) is 98.9 cm³/mol. The highest BCUT2D eigenvalue weighted by molar-refractivity contribution is 6.16. The van der Waals surface area contributed by atoms with Crippen LogP contribution >= 0.6 is 0 Å². The van der Waals surface area contributed by atoms with E-state index in [1.807, 2.05) is 18.2 Å². The smallest absolute Gasteiger partial charge is 0.358 e. The molecule has 0 N–H and O–H groups in total. The molecule has 1 unspecified atom stereocenters. The molecule has 0 aromatic heterocycles. The minimum absolute atomic E-state index is 0.0310. The lowest BCUT2D eigenvalue weighted by molar-refractivity contribution is -0.153. The first-order valence-electron chi connectivity index (χ1n) is 9.26. The Morgan fingerprint density at radius 3 is 2.61 bits per heavy atom. The van der Waals surface area contributed by atoms with E-state index in [1.54, 1.807) is 26.8 Å². The number of carbonyl (C=O) groups excluding carboxylic acids is 3. The maximum Gasteiger partial charge on any atom is 0.358 e. The second-order valence-corrected chi connectivity index (χ2v) is 7.14. The monoisotopic (exact) mass is 383 g/mol. The molecular formula is C21H21NO6. The molecule has 0 radical (unpaired) electrons. The van der Waals surface area contributed by atoms with Gasteiger partial charge in [0.05, 0.1) is 17.7 Å². The van der Waals surface area contributed by atoms with Gasteiger partial charge >= 0.3 is 11.9 Å². The number of rotatable bonds is 5. The number of amides is 1. The molecule has 1 aliphatic carbocycles. The van der Waals surface area contributed by atoms with E-state index in [1.165, 1.54) is 4.90 Å². The number of nitrogens with zero attached hydrogens (tertiary/aromatic N) is 1. The highest BCUT2D eigenvalue weighted by atomic mass is 16.7. The number of cyclic esters (lactones) is 1. The Hall–Kier alpha value is -3.09. The van der Waals surface area contributed by atoms with Gasteiger partial charge in [-0.05, 0) is 45.2 Å². The van der Waals surface area contributed by atoms with E-state index in [-0.39, 0.29) is 18.2 Å². The number of carbonyl (C=O) groups is 3. The van der Waals surface area contributed by atoms with Gasteiger partial charge in [-0.25, -0.2) is 9.59 Å². The Morgan fingerprint density at radius 1 is 1.29 bits per heavy atom. The fourth-order valence-electron chi connectivity index (χ4n) is 3.62. The third-order valence-corrected chi connectivity index (χ3v) is 5.52. The van der Waals surface area contributed by atoms with Gasteiger partial charge in [-0.2, -0.15) is 0 Å². The first kappa shape index (κ1) is 18.3. The summed E-state index contributed by atoms with van der Waals surface area (Å²) >= 11 is 0. The summed E-state index contributed by atoms with van der Waals surface area (Å²) in [5.41, 5.74) is 2.06. The number of anilines is 1. The molecule has 7 nitrogen and oxygen atoms in total. The first-order chi connectivity index (χ1) is 13.4. The molecule has 1 amide bonds. The fraction of sp³-hybridized carbons (Fsp3) is 0.381. The topological polar surface area (TPSA) is 82.1 Å². The van der Waals surface area contributed by atoms with Gasteiger partial charge in [0.15, 0.2) is 5.70 Å². The van der Waals surface area contributed by atoms with E-state index < -0.39 is 23.6 Å². The van der Waals surface area contributed by atoms with E-state index >= 15 is 0 Å². The zero-order valence-corrected chi connectivity index (χ0v) is 16.0. The minimum atomic E-state index is -0.931. The van der Waals surface area contributed by atoms with Crippen molar-refractivity contribution in [2.24, 2.45) is 0 Å². The van der Waals surface area contributed by atoms with Crippen molar-refractivity contribution < 1.29 is 28.6 Å². The second kappa shape index (κ2) is 6.51. The van der Waals surface area contributed by atoms with Gasteiger partial charge in [-0.3, -0.25) is 9.69 Å². The third-order valence-electron chi connectivity index (χ3n) is 5.52. The zero-order valence-electron chi connectivity index (χ0n) is 16.0. The molecule has 1 aromatic rings. The van der Waals surface area contributed by atoms with Crippen LogP contribution in [-0.4, -0.2) is 30.7 Å². The Kier molecular flexibility index (Phi) is 4.25. The molecule has 1 aromatic carbocycles. The van der Waals surface area contributed by atoms with E-state index in [4.69, 9.17) is 14.2 Å². The van der Waals surface area contributed by atoms with Crippen LogP contribution in [-0.2, 0) is 34.0 Å². The van der Waals surface area contributed by atoms with Gasteiger partial charge < -0.3 is 14.2 Å².